The van der Waals surface area contributed by atoms with Crippen LogP contribution in [0, 0.1) is 5.41 Å². The molecular weight excluding hydrogens is 600 g/mol. The van der Waals surface area contributed by atoms with Crippen molar-refractivity contribution in [2.75, 3.05) is 119 Å². The molecule has 0 rings (SSSR count). The van der Waals surface area contributed by atoms with Gasteiger partial charge < -0.3 is 58.7 Å². The molecule has 0 aromatic heterocycles. The second kappa shape index (κ2) is 30.2. The van der Waals surface area contributed by atoms with E-state index in [2.05, 4.69) is 10.6 Å². The van der Waals surface area contributed by atoms with Crippen molar-refractivity contribution in [3.8, 4) is 0 Å². The van der Waals surface area contributed by atoms with Crippen molar-refractivity contribution in [3.05, 3.63) is 0 Å². The fraction of sp³-hybridized carbons (Fsp3) is 0.862. The Labute approximate surface area is 265 Å². The van der Waals surface area contributed by atoms with Gasteiger partial charge >= 0.3 is 11.9 Å². The summed E-state index contributed by atoms with van der Waals surface area (Å²) in [4.78, 5) is 44.6. The van der Waals surface area contributed by atoms with Gasteiger partial charge in [-0.1, -0.05) is 13.8 Å². The highest BCUT2D eigenvalue weighted by Gasteiger charge is 2.19. The van der Waals surface area contributed by atoms with Crippen molar-refractivity contribution in [2.24, 2.45) is 5.41 Å². The van der Waals surface area contributed by atoms with Crippen molar-refractivity contribution in [1.29, 1.82) is 0 Å². The van der Waals surface area contributed by atoms with Gasteiger partial charge in [0.1, 0.15) is 0 Å². The lowest BCUT2D eigenvalue weighted by Gasteiger charge is -2.24. The lowest BCUT2D eigenvalue weighted by Crippen LogP contribution is -2.31. The Morgan fingerprint density at radius 3 is 1.07 bits per heavy atom. The number of carbonyl (C=O) groups is 4. The predicted molar refractivity (Wildman–Crippen MR) is 160 cm³/mol. The number of carbonyl (C=O) groups excluding carboxylic acids is 2. The molecule has 0 heterocycles. The molecule has 0 unspecified atom stereocenters. The van der Waals surface area contributed by atoms with Crippen molar-refractivity contribution in [1.82, 2.24) is 10.6 Å². The molecule has 4 N–H and O–H groups in total. The number of hydrogen-bond acceptors (Lipinski definition) is 12. The maximum Gasteiger partial charge on any atom is 0.305 e. The third-order valence-electron chi connectivity index (χ3n) is 5.48. The van der Waals surface area contributed by atoms with E-state index in [4.69, 9.17) is 48.1 Å². The molecule has 0 saturated carbocycles. The Bertz CT molecular complexity index is 709. The van der Waals surface area contributed by atoms with Gasteiger partial charge in [-0.25, -0.2) is 0 Å². The van der Waals surface area contributed by atoms with Crippen LogP contribution in [0.3, 0.4) is 0 Å². The maximum atomic E-state index is 11.9. The third kappa shape index (κ3) is 34.3. The number of carboxylic acids is 2. The number of aliphatic carboxylic acids is 2. The molecule has 0 aromatic carbocycles. The summed E-state index contributed by atoms with van der Waals surface area (Å²) in [5.41, 5.74) is -0.284. The van der Waals surface area contributed by atoms with Crippen LogP contribution in [0.25, 0.3) is 0 Å². The third-order valence-corrected chi connectivity index (χ3v) is 5.48. The molecule has 0 aromatic rings. The molecule has 0 bridgehead atoms. The standard InChI is InChI=1S/C29H54N2O14/c1-29(2,23-44-9-3-25(32)30-7-13-40-17-21-42-19-15-38-11-5-27(34)35)24-45-10-4-26(33)31-8-14-41-18-22-43-20-16-39-12-6-28(36)37/h3-24H2,1-2H3,(H,30,32)(H,31,33)(H,34,35)(H,36,37). The first-order valence-electron chi connectivity index (χ1n) is 15.2. The molecule has 0 radical (unpaired) electrons. The molecule has 0 atom stereocenters. The molecule has 45 heavy (non-hydrogen) atoms. The van der Waals surface area contributed by atoms with Crippen LogP contribution in [0.15, 0.2) is 0 Å². The number of amides is 2. The molecule has 0 aliphatic rings. The molecule has 0 fully saturated rings. The summed E-state index contributed by atoms with van der Waals surface area (Å²) < 4.78 is 42.8. The summed E-state index contributed by atoms with van der Waals surface area (Å²) in [5.74, 6) is -2.07. The van der Waals surface area contributed by atoms with Crippen molar-refractivity contribution < 1.29 is 67.3 Å². The van der Waals surface area contributed by atoms with E-state index in [1.165, 1.54) is 0 Å². The molecule has 0 saturated heterocycles. The minimum atomic E-state index is -0.899. The molecule has 2 amide bonds. The zero-order valence-electron chi connectivity index (χ0n) is 26.8. The Hall–Kier alpha value is -2.44. The van der Waals surface area contributed by atoms with Crippen molar-refractivity contribution >= 4 is 23.8 Å². The first-order valence-corrected chi connectivity index (χ1v) is 15.2. The average molecular weight is 655 g/mol. The average Bonchev–Trinajstić information content (AvgIpc) is 2.98. The Kier molecular flexibility index (Phi) is 28.6. The highest BCUT2D eigenvalue weighted by molar-refractivity contribution is 5.76. The van der Waals surface area contributed by atoms with Crippen LogP contribution in [0.2, 0.25) is 0 Å². The van der Waals surface area contributed by atoms with Gasteiger partial charge in [0.05, 0.1) is 119 Å². The largest absolute Gasteiger partial charge is 0.481 e. The molecule has 16 heteroatoms. The van der Waals surface area contributed by atoms with Gasteiger partial charge in [0, 0.05) is 31.3 Å². The fourth-order valence-corrected chi connectivity index (χ4v) is 3.17. The van der Waals surface area contributed by atoms with E-state index in [1.54, 1.807) is 0 Å². The SMILES string of the molecule is CC(C)(COCCC(=O)NCCOCCOCCOCCC(=O)O)COCCC(=O)NCCOCCOCCOCCC(=O)O. The second-order valence-electron chi connectivity index (χ2n) is 10.4. The van der Waals surface area contributed by atoms with Crippen LogP contribution >= 0.6 is 0 Å². The molecular formula is C29H54N2O14. The van der Waals surface area contributed by atoms with Crippen LogP contribution in [0.1, 0.15) is 39.5 Å². The van der Waals surface area contributed by atoms with Crippen LogP contribution in [0.5, 0.6) is 0 Å². The van der Waals surface area contributed by atoms with Crippen LogP contribution in [0.4, 0.5) is 0 Å². The first kappa shape index (κ1) is 42.6. The van der Waals surface area contributed by atoms with Crippen LogP contribution in [-0.2, 0) is 57.1 Å². The van der Waals surface area contributed by atoms with E-state index >= 15 is 0 Å². The molecule has 0 aliphatic carbocycles. The summed E-state index contributed by atoms with van der Waals surface area (Å²) in [6.07, 6.45) is 0.389. The van der Waals surface area contributed by atoms with Gasteiger partial charge in [-0.3, -0.25) is 19.2 Å². The van der Waals surface area contributed by atoms with E-state index in [9.17, 15) is 19.2 Å². The summed E-state index contributed by atoms with van der Waals surface area (Å²) in [6, 6.07) is 0. The molecule has 0 spiro atoms. The van der Waals surface area contributed by atoms with E-state index < -0.39 is 11.9 Å². The summed E-state index contributed by atoms with van der Waals surface area (Å²) in [7, 11) is 0. The number of carboxylic acid groups (broad SMARTS) is 2. The topological polar surface area (TPSA) is 207 Å². The number of rotatable bonds is 34. The summed E-state index contributed by atoms with van der Waals surface area (Å²) in [5, 5.41) is 22.5. The predicted octanol–water partition coefficient (Wildman–Crippen LogP) is 0.107. The van der Waals surface area contributed by atoms with Gasteiger partial charge in [-0.05, 0) is 0 Å². The molecule has 264 valence electrons. The highest BCUT2D eigenvalue weighted by atomic mass is 16.6. The van der Waals surface area contributed by atoms with E-state index in [1.807, 2.05) is 13.8 Å². The Morgan fingerprint density at radius 1 is 0.444 bits per heavy atom. The minimum absolute atomic E-state index is 0.0319. The normalized spacial score (nSPS) is 11.4. The van der Waals surface area contributed by atoms with Crippen molar-refractivity contribution in [2.45, 2.75) is 39.5 Å². The second-order valence-corrected chi connectivity index (χ2v) is 10.4. The smallest absolute Gasteiger partial charge is 0.305 e. The lowest BCUT2D eigenvalue weighted by molar-refractivity contribution is -0.139. The van der Waals surface area contributed by atoms with Gasteiger partial charge in [0.2, 0.25) is 11.8 Å². The van der Waals surface area contributed by atoms with E-state index in [-0.39, 0.29) is 69.3 Å². The quantitative estimate of drug-likeness (QED) is 0.0680. The van der Waals surface area contributed by atoms with Gasteiger partial charge in [-0.15, -0.1) is 0 Å². The van der Waals surface area contributed by atoms with Gasteiger partial charge in [0.15, 0.2) is 0 Å². The molecule has 0 aliphatic heterocycles. The Balaban J connectivity index is 3.50. The Morgan fingerprint density at radius 2 is 0.733 bits per heavy atom. The zero-order chi connectivity index (χ0) is 33.4. The van der Waals surface area contributed by atoms with Crippen molar-refractivity contribution in [3.63, 3.8) is 0 Å². The number of ether oxygens (including phenoxy) is 8. The van der Waals surface area contributed by atoms with Gasteiger partial charge in [0.25, 0.3) is 0 Å². The zero-order valence-corrected chi connectivity index (χ0v) is 26.8. The van der Waals surface area contributed by atoms with E-state index in [0.29, 0.717) is 92.4 Å². The van der Waals surface area contributed by atoms with Gasteiger partial charge in [-0.2, -0.15) is 0 Å². The lowest BCUT2D eigenvalue weighted by atomic mass is 9.96. The van der Waals surface area contributed by atoms with E-state index in [0.717, 1.165) is 0 Å². The fourth-order valence-electron chi connectivity index (χ4n) is 3.17. The van der Waals surface area contributed by atoms with Crippen LogP contribution < -0.4 is 10.6 Å². The monoisotopic (exact) mass is 654 g/mol. The number of nitrogens with one attached hydrogen (secondary N) is 2. The summed E-state index contributed by atoms with van der Waals surface area (Å²) in [6.45, 7) is 9.97. The summed E-state index contributed by atoms with van der Waals surface area (Å²) >= 11 is 0. The number of hydrogen-bond donors (Lipinski definition) is 4. The van der Waals surface area contributed by atoms with Crippen LogP contribution in [-0.4, -0.2) is 153 Å². The minimum Gasteiger partial charge on any atom is -0.481 e. The highest BCUT2D eigenvalue weighted by Crippen LogP contribution is 2.16. The maximum absolute atomic E-state index is 11.9. The first-order chi connectivity index (χ1) is 21.6. The molecule has 16 nitrogen and oxygen atoms in total.